The van der Waals surface area contributed by atoms with Crippen LogP contribution < -0.4 is 27.4 Å². The van der Waals surface area contributed by atoms with E-state index in [0.717, 1.165) is 6.42 Å². The van der Waals surface area contributed by atoms with Gasteiger partial charge in [0.25, 0.3) is 0 Å². The molecule has 0 aliphatic carbocycles. The zero-order chi connectivity index (χ0) is 24.1. The molecule has 0 radical (unpaired) electrons. The third-order valence-corrected chi connectivity index (χ3v) is 4.98. The number of amides is 4. The smallest absolute Gasteiger partial charge is 0.243 e. The van der Waals surface area contributed by atoms with Crippen molar-refractivity contribution in [3.8, 4) is 0 Å². The number of nitrogens with one attached hydrogen (secondary N) is 3. The fraction of sp³-hybridized carbons (Fsp3) is 0.818. The molecule has 7 N–H and O–H groups in total. The van der Waals surface area contributed by atoms with Crippen molar-refractivity contribution in [1.82, 2.24) is 16.0 Å². The summed E-state index contributed by atoms with van der Waals surface area (Å²) in [5.41, 5.74) is 10.8. The van der Waals surface area contributed by atoms with E-state index in [-0.39, 0.29) is 17.7 Å². The van der Waals surface area contributed by atoms with Crippen LogP contribution in [0.4, 0.5) is 0 Å². The predicted molar refractivity (Wildman–Crippen MR) is 122 cm³/mol. The standard InChI is InChI=1S/C22H43N5O4/c1-13(2)11-15(5)20(29)26-17(9-7-8-10-23)21(30)27-18(12-14(3)4)22(31)25-16(6)19(24)28/h13-18H,7-12,23H2,1-6H3,(H2,24,28)(H,25,31)(H,26,29)(H,27,30)/t15-,16-,17-,18-/m0/s1. The van der Waals surface area contributed by atoms with Gasteiger partial charge in [-0.25, -0.2) is 0 Å². The highest BCUT2D eigenvalue weighted by Gasteiger charge is 2.29. The Hall–Kier alpha value is -2.16. The Labute approximate surface area is 186 Å². The summed E-state index contributed by atoms with van der Waals surface area (Å²) in [5.74, 6) is -1.49. The number of hydrogen-bond donors (Lipinski definition) is 5. The highest BCUT2D eigenvalue weighted by Crippen LogP contribution is 2.13. The summed E-state index contributed by atoms with van der Waals surface area (Å²) in [7, 11) is 0. The zero-order valence-corrected chi connectivity index (χ0v) is 20.0. The quantitative estimate of drug-likeness (QED) is 0.238. The molecule has 9 heteroatoms. The minimum atomic E-state index is -0.851. The highest BCUT2D eigenvalue weighted by molar-refractivity contribution is 5.94. The molecule has 0 saturated heterocycles. The van der Waals surface area contributed by atoms with Gasteiger partial charge in [-0.3, -0.25) is 19.2 Å². The van der Waals surface area contributed by atoms with Gasteiger partial charge in [-0.1, -0.05) is 34.6 Å². The summed E-state index contributed by atoms with van der Waals surface area (Å²) in [4.78, 5) is 49.5. The first-order valence-corrected chi connectivity index (χ1v) is 11.3. The fourth-order valence-corrected chi connectivity index (χ4v) is 3.25. The maximum absolute atomic E-state index is 13.0. The van der Waals surface area contributed by atoms with E-state index in [4.69, 9.17) is 11.5 Å². The van der Waals surface area contributed by atoms with Crippen LogP contribution in [0.1, 0.15) is 73.6 Å². The second-order valence-electron chi connectivity index (χ2n) is 9.20. The van der Waals surface area contributed by atoms with Crippen molar-refractivity contribution in [1.29, 1.82) is 0 Å². The molecule has 4 atom stereocenters. The molecule has 0 aromatic heterocycles. The van der Waals surface area contributed by atoms with Crippen molar-refractivity contribution in [3.05, 3.63) is 0 Å². The van der Waals surface area contributed by atoms with Crippen LogP contribution in [0.5, 0.6) is 0 Å². The highest BCUT2D eigenvalue weighted by atomic mass is 16.2. The molecule has 0 unspecified atom stereocenters. The molecule has 180 valence electrons. The van der Waals surface area contributed by atoms with Crippen molar-refractivity contribution in [2.24, 2.45) is 29.2 Å². The molecule has 9 nitrogen and oxygen atoms in total. The van der Waals surface area contributed by atoms with Crippen LogP contribution in [-0.4, -0.2) is 48.3 Å². The SMILES string of the molecule is CC(C)C[C@H](NC(=O)[C@H](CCCCN)NC(=O)[C@@H](C)CC(C)C)C(=O)N[C@@H](C)C(N)=O. The molecule has 0 aliphatic rings. The van der Waals surface area contributed by atoms with Crippen LogP contribution >= 0.6 is 0 Å². The van der Waals surface area contributed by atoms with Crippen LogP contribution in [0.2, 0.25) is 0 Å². The topological polar surface area (TPSA) is 156 Å². The Bertz CT molecular complexity index is 594. The molecule has 4 amide bonds. The number of primary amides is 1. The summed E-state index contributed by atoms with van der Waals surface area (Å²) in [5, 5.41) is 8.13. The van der Waals surface area contributed by atoms with Gasteiger partial charge in [0.1, 0.15) is 18.1 Å². The van der Waals surface area contributed by atoms with Crippen molar-refractivity contribution in [2.45, 2.75) is 91.8 Å². The zero-order valence-electron chi connectivity index (χ0n) is 20.0. The third-order valence-electron chi connectivity index (χ3n) is 4.98. The lowest BCUT2D eigenvalue weighted by atomic mass is 9.97. The number of carbonyl (C=O) groups is 4. The number of rotatable bonds is 15. The molecule has 0 saturated carbocycles. The van der Waals surface area contributed by atoms with Gasteiger partial charge >= 0.3 is 0 Å². The Morgan fingerprint density at radius 1 is 0.710 bits per heavy atom. The third kappa shape index (κ3) is 12.3. The maximum atomic E-state index is 13.0. The van der Waals surface area contributed by atoms with E-state index in [9.17, 15) is 19.2 Å². The largest absolute Gasteiger partial charge is 0.368 e. The van der Waals surface area contributed by atoms with E-state index in [2.05, 4.69) is 16.0 Å². The van der Waals surface area contributed by atoms with Crippen LogP contribution in [0, 0.1) is 17.8 Å². The molecule has 0 heterocycles. The second-order valence-corrected chi connectivity index (χ2v) is 9.20. The van der Waals surface area contributed by atoms with E-state index in [0.29, 0.717) is 38.1 Å². The van der Waals surface area contributed by atoms with E-state index < -0.39 is 35.8 Å². The average Bonchev–Trinajstić information content (AvgIpc) is 2.65. The first-order chi connectivity index (χ1) is 14.4. The lowest BCUT2D eigenvalue weighted by Gasteiger charge is -2.26. The Balaban J connectivity index is 5.33. The summed E-state index contributed by atoms with van der Waals surface area (Å²) in [6.45, 7) is 11.8. The average molecular weight is 442 g/mol. The fourth-order valence-electron chi connectivity index (χ4n) is 3.25. The Morgan fingerprint density at radius 3 is 1.71 bits per heavy atom. The van der Waals surface area contributed by atoms with Gasteiger partial charge in [-0.2, -0.15) is 0 Å². The minimum Gasteiger partial charge on any atom is -0.368 e. The molecule has 0 fully saturated rings. The Morgan fingerprint density at radius 2 is 1.23 bits per heavy atom. The van der Waals surface area contributed by atoms with E-state index in [1.165, 1.54) is 6.92 Å². The first kappa shape index (κ1) is 28.8. The second kappa shape index (κ2) is 14.8. The van der Waals surface area contributed by atoms with Crippen LogP contribution in [-0.2, 0) is 19.2 Å². The summed E-state index contributed by atoms with van der Waals surface area (Å²) < 4.78 is 0. The summed E-state index contributed by atoms with van der Waals surface area (Å²) in [6, 6.07) is -2.45. The van der Waals surface area contributed by atoms with Gasteiger partial charge in [-0.05, 0) is 57.4 Å². The molecular weight excluding hydrogens is 398 g/mol. The summed E-state index contributed by atoms with van der Waals surface area (Å²) in [6.07, 6.45) is 2.93. The monoisotopic (exact) mass is 441 g/mol. The van der Waals surface area contributed by atoms with Gasteiger partial charge in [0.2, 0.25) is 23.6 Å². The van der Waals surface area contributed by atoms with Gasteiger partial charge < -0.3 is 27.4 Å². The number of hydrogen-bond acceptors (Lipinski definition) is 5. The lowest BCUT2D eigenvalue weighted by molar-refractivity contribution is -0.134. The molecule has 0 aliphatic heterocycles. The Kier molecular flexibility index (Phi) is 13.7. The molecule has 0 spiro atoms. The van der Waals surface area contributed by atoms with Crippen molar-refractivity contribution in [3.63, 3.8) is 0 Å². The van der Waals surface area contributed by atoms with Gasteiger partial charge in [0.15, 0.2) is 0 Å². The van der Waals surface area contributed by atoms with Crippen LogP contribution in [0.15, 0.2) is 0 Å². The normalized spacial score (nSPS) is 15.1. The van der Waals surface area contributed by atoms with E-state index in [1.54, 1.807) is 0 Å². The predicted octanol–water partition coefficient (Wildman–Crippen LogP) is 0.803. The van der Waals surface area contributed by atoms with Gasteiger partial charge in [0.05, 0.1) is 0 Å². The van der Waals surface area contributed by atoms with Crippen LogP contribution in [0.3, 0.4) is 0 Å². The van der Waals surface area contributed by atoms with Crippen molar-refractivity contribution < 1.29 is 19.2 Å². The number of unbranched alkanes of at least 4 members (excludes halogenated alkanes) is 1. The maximum Gasteiger partial charge on any atom is 0.243 e. The minimum absolute atomic E-state index is 0.122. The first-order valence-electron chi connectivity index (χ1n) is 11.3. The van der Waals surface area contributed by atoms with Crippen molar-refractivity contribution in [2.75, 3.05) is 6.54 Å². The summed E-state index contributed by atoms with van der Waals surface area (Å²) >= 11 is 0. The molecular formula is C22H43N5O4. The van der Waals surface area contributed by atoms with E-state index >= 15 is 0 Å². The lowest BCUT2D eigenvalue weighted by Crippen LogP contribution is -2.56. The van der Waals surface area contributed by atoms with Gasteiger partial charge in [-0.15, -0.1) is 0 Å². The molecule has 0 bridgehead atoms. The van der Waals surface area contributed by atoms with E-state index in [1.807, 2.05) is 34.6 Å². The molecule has 0 aromatic rings. The van der Waals surface area contributed by atoms with Gasteiger partial charge in [0, 0.05) is 5.92 Å². The molecule has 0 aromatic carbocycles. The molecule has 31 heavy (non-hydrogen) atoms. The number of nitrogens with two attached hydrogens (primary N) is 2. The molecule has 0 rings (SSSR count). The van der Waals surface area contributed by atoms with Crippen molar-refractivity contribution >= 4 is 23.6 Å². The number of carbonyl (C=O) groups excluding carboxylic acids is 4. The van der Waals surface area contributed by atoms with Crippen LogP contribution in [0.25, 0.3) is 0 Å².